The highest BCUT2D eigenvalue weighted by molar-refractivity contribution is 7.23. The van der Waals surface area contributed by atoms with E-state index in [1.165, 1.54) is 11.3 Å². The van der Waals surface area contributed by atoms with Gasteiger partial charge >= 0.3 is 0 Å². The molecule has 1 aliphatic rings. The zero-order valence-corrected chi connectivity index (χ0v) is 15.5. The van der Waals surface area contributed by atoms with Gasteiger partial charge in [-0.25, -0.2) is 4.98 Å². The predicted octanol–water partition coefficient (Wildman–Crippen LogP) is 4.99. The number of anilines is 1. The smallest absolute Gasteiger partial charge is 0.232 e. The van der Waals surface area contributed by atoms with Crippen LogP contribution in [0.1, 0.15) is 30.5 Å². The Balaban J connectivity index is 1.75. The third kappa shape index (κ3) is 3.14. The number of carbonyl (C=O) groups is 1. The monoisotopic (exact) mass is 371 g/mol. The third-order valence-corrected chi connectivity index (χ3v) is 6.22. The second-order valence-corrected chi connectivity index (χ2v) is 7.80. The Bertz CT molecular complexity index is 882. The summed E-state index contributed by atoms with van der Waals surface area (Å²) in [4.78, 5) is 23.9. The number of aromatic nitrogens is 2. The number of nitrogens with zero attached hydrogens (tertiary/aromatic N) is 3. The van der Waals surface area contributed by atoms with Gasteiger partial charge in [0.05, 0.1) is 27.5 Å². The first kappa shape index (κ1) is 16.5. The van der Waals surface area contributed by atoms with E-state index in [1.54, 1.807) is 11.1 Å². The van der Waals surface area contributed by atoms with Crippen molar-refractivity contribution in [1.29, 1.82) is 0 Å². The summed E-state index contributed by atoms with van der Waals surface area (Å²) in [6, 6.07) is 9.60. The lowest BCUT2D eigenvalue weighted by Gasteiger charge is -2.30. The van der Waals surface area contributed by atoms with Crippen LogP contribution in [-0.2, 0) is 11.3 Å². The van der Waals surface area contributed by atoms with Gasteiger partial charge in [-0.3, -0.25) is 14.7 Å². The summed E-state index contributed by atoms with van der Waals surface area (Å²) >= 11 is 7.82. The zero-order chi connectivity index (χ0) is 17.4. The minimum Gasteiger partial charge on any atom is -0.282 e. The molecule has 2 heterocycles. The largest absolute Gasteiger partial charge is 0.282 e. The van der Waals surface area contributed by atoms with Crippen LogP contribution < -0.4 is 4.90 Å². The first-order chi connectivity index (χ1) is 12.1. The van der Waals surface area contributed by atoms with E-state index in [4.69, 9.17) is 16.6 Å². The van der Waals surface area contributed by atoms with Gasteiger partial charge in [0, 0.05) is 12.1 Å². The van der Waals surface area contributed by atoms with Gasteiger partial charge in [-0.1, -0.05) is 41.5 Å². The van der Waals surface area contributed by atoms with Gasteiger partial charge in [0.1, 0.15) is 0 Å². The van der Waals surface area contributed by atoms with Crippen molar-refractivity contribution in [2.24, 2.45) is 5.92 Å². The lowest BCUT2D eigenvalue weighted by atomic mass is 9.84. The van der Waals surface area contributed by atoms with Crippen LogP contribution in [0.15, 0.2) is 36.5 Å². The van der Waals surface area contributed by atoms with Crippen LogP contribution in [0.4, 0.5) is 5.13 Å². The van der Waals surface area contributed by atoms with Crippen LogP contribution >= 0.6 is 22.9 Å². The number of benzene rings is 1. The minimum atomic E-state index is 0.104. The number of thiazole rings is 1. The van der Waals surface area contributed by atoms with Crippen LogP contribution in [0, 0.1) is 12.8 Å². The molecule has 1 amide bonds. The molecule has 2 aromatic heterocycles. The summed E-state index contributed by atoms with van der Waals surface area (Å²) in [6.07, 6.45) is 4.80. The molecule has 1 fully saturated rings. The predicted molar refractivity (Wildman–Crippen MR) is 102 cm³/mol. The van der Waals surface area contributed by atoms with Gasteiger partial charge in [-0.05, 0) is 43.5 Å². The summed E-state index contributed by atoms with van der Waals surface area (Å²) < 4.78 is 0.934. The summed E-state index contributed by atoms with van der Waals surface area (Å²) in [5.74, 6) is 0.247. The SMILES string of the molecule is Cc1ccc(Cl)c2sc(N(Cc3ccccn3)C(=O)C3CCC3)nc12. The summed E-state index contributed by atoms with van der Waals surface area (Å²) in [6.45, 7) is 2.45. The van der Waals surface area contributed by atoms with Crippen LogP contribution in [-0.4, -0.2) is 15.9 Å². The molecule has 0 radical (unpaired) electrons. The minimum absolute atomic E-state index is 0.104. The Morgan fingerprint density at radius 1 is 1.32 bits per heavy atom. The second-order valence-electron chi connectivity index (χ2n) is 6.41. The Morgan fingerprint density at radius 3 is 2.80 bits per heavy atom. The average molecular weight is 372 g/mol. The van der Waals surface area contributed by atoms with Crippen molar-refractivity contribution in [2.75, 3.05) is 4.90 Å². The molecule has 0 saturated heterocycles. The average Bonchev–Trinajstić information content (AvgIpc) is 3.02. The second kappa shape index (κ2) is 6.73. The number of rotatable bonds is 4. The summed E-state index contributed by atoms with van der Waals surface area (Å²) in [7, 11) is 0. The fourth-order valence-electron chi connectivity index (χ4n) is 2.98. The lowest BCUT2D eigenvalue weighted by Crippen LogP contribution is -2.38. The van der Waals surface area contributed by atoms with Crippen molar-refractivity contribution >= 4 is 44.2 Å². The van der Waals surface area contributed by atoms with E-state index in [9.17, 15) is 4.79 Å². The molecule has 1 saturated carbocycles. The number of halogens is 1. The van der Waals surface area contributed by atoms with Crippen molar-refractivity contribution in [2.45, 2.75) is 32.7 Å². The maximum Gasteiger partial charge on any atom is 0.232 e. The Morgan fingerprint density at radius 2 is 2.16 bits per heavy atom. The molecule has 1 aliphatic carbocycles. The highest BCUT2D eigenvalue weighted by Crippen LogP contribution is 2.38. The van der Waals surface area contributed by atoms with Crippen molar-refractivity contribution in [1.82, 2.24) is 9.97 Å². The number of hydrogen-bond donors (Lipinski definition) is 0. The van der Waals surface area contributed by atoms with E-state index in [-0.39, 0.29) is 11.8 Å². The normalized spacial score (nSPS) is 14.5. The summed E-state index contributed by atoms with van der Waals surface area (Å²) in [5, 5.41) is 1.38. The fraction of sp³-hybridized carbons (Fsp3) is 0.316. The molecular formula is C19H18ClN3OS. The molecule has 128 valence electrons. The first-order valence-corrected chi connectivity index (χ1v) is 9.60. The lowest BCUT2D eigenvalue weighted by molar-refractivity contribution is -0.124. The third-order valence-electron chi connectivity index (χ3n) is 4.68. The van der Waals surface area contributed by atoms with E-state index in [0.717, 1.165) is 40.7 Å². The molecule has 1 aromatic carbocycles. The molecule has 3 aromatic rings. The topological polar surface area (TPSA) is 46.1 Å². The molecular weight excluding hydrogens is 354 g/mol. The summed E-state index contributed by atoms with van der Waals surface area (Å²) in [5.41, 5.74) is 2.80. The van der Waals surface area contributed by atoms with Gasteiger partial charge in [-0.15, -0.1) is 0 Å². The van der Waals surface area contributed by atoms with E-state index < -0.39 is 0 Å². The van der Waals surface area contributed by atoms with Crippen LogP contribution in [0.25, 0.3) is 10.2 Å². The van der Waals surface area contributed by atoms with Crippen molar-refractivity contribution in [3.05, 3.63) is 52.8 Å². The molecule has 4 nitrogen and oxygen atoms in total. The van der Waals surface area contributed by atoms with E-state index in [1.807, 2.05) is 37.3 Å². The van der Waals surface area contributed by atoms with E-state index >= 15 is 0 Å². The standard InChI is InChI=1S/C19H18ClN3OS/c1-12-8-9-15(20)17-16(12)22-19(25-17)23(18(24)13-5-4-6-13)11-14-7-2-3-10-21-14/h2-3,7-10,13H,4-6,11H2,1H3. The first-order valence-electron chi connectivity index (χ1n) is 8.40. The van der Waals surface area contributed by atoms with E-state index in [0.29, 0.717) is 16.7 Å². The fourth-order valence-corrected chi connectivity index (χ4v) is 4.30. The van der Waals surface area contributed by atoms with Crippen molar-refractivity contribution in [3.8, 4) is 0 Å². The number of aryl methyl sites for hydroxylation is 1. The Labute approximate surface area is 155 Å². The van der Waals surface area contributed by atoms with Crippen LogP contribution in [0.3, 0.4) is 0 Å². The highest BCUT2D eigenvalue weighted by Gasteiger charge is 2.32. The van der Waals surface area contributed by atoms with Crippen molar-refractivity contribution < 1.29 is 4.79 Å². The molecule has 4 rings (SSSR count). The quantitative estimate of drug-likeness (QED) is 0.649. The molecule has 0 spiro atoms. The van der Waals surface area contributed by atoms with Gasteiger partial charge in [0.2, 0.25) is 5.91 Å². The Kier molecular flexibility index (Phi) is 4.44. The number of pyridine rings is 1. The van der Waals surface area contributed by atoms with Crippen LogP contribution in [0.5, 0.6) is 0 Å². The number of fused-ring (bicyclic) bond motifs is 1. The van der Waals surface area contributed by atoms with Gasteiger partial charge in [0.15, 0.2) is 5.13 Å². The molecule has 0 bridgehead atoms. The van der Waals surface area contributed by atoms with Crippen LogP contribution in [0.2, 0.25) is 5.02 Å². The van der Waals surface area contributed by atoms with Gasteiger partial charge in [0.25, 0.3) is 0 Å². The van der Waals surface area contributed by atoms with E-state index in [2.05, 4.69) is 4.98 Å². The molecule has 6 heteroatoms. The molecule has 0 N–H and O–H groups in total. The zero-order valence-electron chi connectivity index (χ0n) is 13.9. The maximum atomic E-state index is 13.0. The molecule has 0 unspecified atom stereocenters. The van der Waals surface area contributed by atoms with Gasteiger partial charge in [-0.2, -0.15) is 0 Å². The maximum absolute atomic E-state index is 13.0. The number of carbonyl (C=O) groups excluding carboxylic acids is 1. The van der Waals surface area contributed by atoms with Crippen molar-refractivity contribution in [3.63, 3.8) is 0 Å². The number of amides is 1. The number of hydrogen-bond acceptors (Lipinski definition) is 4. The molecule has 0 aliphatic heterocycles. The highest BCUT2D eigenvalue weighted by atomic mass is 35.5. The van der Waals surface area contributed by atoms with Gasteiger partial charge < -0.3 is 0 Å². The molecule has 25 heavy (non-hydrogen) atoms. The molecule has 0 atom stereocenters. The Hall–Kier alpha value is -1.98.